The van der Waals surface area contributed by atoms with Gasteiger partial charge < -0.3 is 4.74 Å². The maximum Gasteiger partial charge on any atom is 0.181 e. The predicted molar refractivity (Wildman–Crippen MR) is 123 cm³/mol. The van der Waals surface area contributed by atoms with Gasteiger partial charge in [0.25, 0.3) is 0 Å². The number of sulfone groups is 1. The Hall–Kier alpha value is -0.990. The van der Waals surface area contributed by atoms with Crippen molar-refractivity contribution in [1.29, 1.82) is 0 Å². The molecule has 0 aromatic heterocycles. The van der Waals surface area contributed by atoms with Crippen molar-refractivity contribution in [2.75, 3.05) is 38.6 Å². The molecule has 1 fully saturated rings. The first kappa shape index (κ1) is 22.7. The summed E-state index contributed by atoms with van der Waals surface area (Å²) in [6, 6.07) is 17.4. The lowest BCUT2D eigenvalue weighted by Gasteiger charge is -2.30. The summed E-state index contributed by atoms with van der Waals surface area (Å²) in [5, 5.41) is -0.435. The average Bonchev–Trinajstić information content (AvgIpc) is 2.75. The Kier molecular flexibility index (Phi) is 8.50. The Labute approximate surface area is 184 Å². The summed E-state index contributed by atoms with van der Waals surface area (Å²) >= 11 is 6.02. The zero-order valence-electron chi connectivity index (χ0n) is 16.7. The highest BCUT2D eigenvalue weighted by Crippen LogP contribution is 2.30. The molecule has 29 heavy (non-hydrogen) atoms. The van der Waals surface area contributed by atoms with Crippen LogP contribution >= 0.6 is 24.4 Å². The van der Waals surface area contributed by atoms with Crippen LogP contribution in [0.4, 0.5) is 0 Å². The molecule has 4 nitrogen and oxygen atoms in total. The minimum absolute atomic E-state index is 0.0113. The van der Waals surface area contributed by atoms with Crippen molar-refractivity contribution < 1.29 is 13.2 Å². The molecule has 1 aliphatic heterocycles. The van der Waals surface area contributed by atoms with Crippen LogP contribution in [0.3, 0.4) is 0 Å². The number of thiol groups is 1. The normalized spacial score (nSPS) is 17.7. The van der Waals surface area contributed by atoms with E-state index in [0.29, 0.717) is 17.1 Å². The fraction of sp³-hybridized carbons (Fsp3) is 0.455. The lowest BCUT2D eigenvalue weighted by atomic mass is 10.1. The number of rotatable bonds is 9. The van der Waals surface area contributed by atoms with Crippen LogP contribution in [0.25, 0.3) is 0 Å². The van der Waals surface area contributed by atoms with Gasteiger partial charge in [-0.25, -0.2) is 8.42 Å². The van der Waals surface area contributed by atoms with Crippen molar-refractivity contribution in [3.8, 4) is 0 Å². The second-order valence-corrected chi connectivity index (χ2v) is 11.1. The van der Waals surface area contributed by atoms with Gasteiger partial charge in [0.15, 0.2) is 9.84 Å². The van der Waals surface area contributed by atoms with Gasteiger partial charge in [-0.05, 0) is 61.0 Å². The molecule has 2 unspecified atom stereocenters. The van der Waals surface area contributed by atoms with Gasteiger partial charge in [-0.1, -0.05) is 36.9 Å². The Morgan fingerprint density at radius 3 is 2.28 bits per heavy atom. The third-order valence-electron chi connectivity index (χ3n) is 5.29. The number of hydrogen-bond acceptors (Lipinski definition) is 6. The zero-order valence-corrected chi connectivity index (χ0v) is 19.3. The molecule has 0 spiro atoms. The zero-order chi connectivity index (χ0) is 20.7. The van der Waals surface area contributed by atoms with E-state index in [4.69, 9.17) is 4.74 Å². The van der Waals surface area contributed by atoms with E-state index in [1.807, 2.05) is 49.4 Å². The first-order valence-electron chi connectivity index (χ1n) is 9.98. The van der Waals surface area contributed by atoms with Crippen LogP contribution in [-0.2, 0) is 14.6 Å². The molecule has 0 aliphatic carbocycles. The molecule has 0 N–H and O–H groups in total. The van der Waals surface area contributed by atoms with Gasteiger partial charge in [0.2, 0.25) is 0 Å². The van der Waals surface area contributed by atoms with Crippen molar-refractivity contribution in [2.45, 2.75) is 33.3 Å². The smallest absolute Gasteiger partial charge is 0.181 e. The predicted octanol–water partition coefficient (Wildman–Crippen LogP) is 4.27. The Bertz CT molecular complexity index is 851. The van der Waals surface area contributed by atoms with Gasteiger partial charge in [0.1, 0.15) is 0 Å². The van der Waals surface area contributed by atoms with Gasteiger partial charge in [0, 0.05) is 22.9 Å². The van der Waals surface area contributed by atoms with Crippen LogP contribution in [0, 0.1) is 5.92 Å². The molecule has 2 aromatic carbocycles. The maximum absolute atomic E-state index is 13.4. The molecule has 1 aliphatic rings. The second-order valence-electron chi connectivity index (χ2n) is 7.37. The Morgan fingerprint density at radius 1 is 1.03 bits per heavy atom. The lowest BCUT2D eigenvalue weighted by Crippen LogP contribution is -2.40. The van der Waals surface area contributed by atoms with E-state index < -0.39 is 15.1 Å². The monoisotopic (exact) mass is 451 g/mol. The summed E-state index contributed by atoms with van der Waals surface area (Å²) < 4.78 is 32.2. The SMILES string of the molecule is CC(CS)C(CCN1CCOCC1)S(=O)(=O)c1ccc(Sc2ccccc2)cc1. The molecule has 0 bridgehead atoms. The molecule has 2 aromatic rings. The molecule has 0 radical (unpaired) electrons. The van der Waals surface area contributed by atoms with E-state index >= 15 is 0 Å². The molecule has 3 rings (SSSR count). The highest BCUT2D eigenvalue weighted by Gasteiger charge is 2.32. The first-order valence-corrected chi connectivity index (χ1v) is 13.0. The second kappa shape index (κ2) is 10.9. The standard InChI is InChI=1S/C22H29NO3S3/c1-18(17-27)22(11-12-23-13-15-26-16-14-23)29(24,25)21-9-7-20(8-10-21)28-19-5-3-2-4-6-19/h2-10,18,22,27H,11-17H2,1H3. The number of hydrogen-bond donors (Lipinski definition) is 1. The number of ether oxygens (including phenoxy) is 1. The summed E-state index contributed by atoms with van der Waals surface area (Å²) in [4.78, 5) is 4.85. The van der Waals surface area contributed by atoms with Crippen molar-refractivity contribution >= 4 is 34.2 Å². The summed E-state index contributed by atoms with van der Waals surface area (Å²) in [6.45, 7) is 5.93. The lowest BCUT2D eigenvalue weighted by molar-refractivity contribution is 0.0370. The Balaban J connectivity index is 1.72. The van der Waals surface area contributed by atoms with Crippen LogP contribution < -0.4 is 0 Å². The van der Waals surface area contributed by atoms with Gasteiger partial charge in [-0.15, -0.1) is 0 Å². The summed E-state index contributed by atoms with van der Waals surface area (Å²) in [7, 11) is -3.42. The van der Waals surface area contributed by atoms with E-state index in [1.54, 1.807) is 23.9 Å². The molecule has 2 atom stereocenters. The van der Waals surface area contributed by atoms with Crippen molar-refractivity contribution in [2.24, 2.45) is 5.92 Å². The maximum atomic E-state index is 13.4. The largest absolute Gasteiger partial charge is 0.379 e. The van der Waals surface area contributed by atoms with Gasteiger partial charge >= 0.3 is 0 Å². The van der Waals surface area contributed by atoms with E-state index in [2.05, 4.69) is 17.5 Å². The van der Waals surface area contributed by atoms with Crippen LogP contribution in [-0.4, -0.2) is 57.2 Å². The van der Waals surface area contributed by atoms with Crippen LogP contribution in [0.15, 0.2) is 69.3 Å². The average molecular weight is 452 g/mol. The fourth-order valence-corrected chi connectivity index (χ4v) is 6.72. The van der Waals surface area contributed by atoms with E-state index in [0.717, 1.165) is 42.6 Å². The number of morpholine rings is 1. The fourth-order valence-electron chi connectivity index (χ4n) is 3.49. The van der Waals surface area contributed by atoms with Crippen molar-refractivity contribution in [3.05, 3.63) is 54.6 Å². The van der Waals surface area contributed by atoms with E-state index in [1.165, 1.54) is 0 Å². The van der Waals surface area contributed by atoms with Crippen molar-refractivity contribution in [3.63, 3.8) is 0 Å². The Morgan fingerprint density at radius 2 is 1.66 bits per heavy atom. The minimum Gasteiger partial charge on any atom is -0.379 e. The summed E-state index contributed by atoms with van der Waals surface area (Å²) in [6.07, 6.45) is 0.616. The third kappa shape index (κ3) is 6.25. The quantitative estimate of drug-likeness (QED) is 0.577. The summed E-state index contributed by atoms with van der Waals surface area (Å²) in [5.74, 6) is 0.539. The van der Waals surface area contributed by atoms with Gasteiger partial charge in [-0.3, -0.25) is 4.90 Å². The molecular weight excluding hydrogens is 422 g/mol. The minimum atomic E-state index is -3.42. The van der Waals surface area contributed by atoms with E-state index in [-0.39, 0.29) is 5.92 Å². The van der Waals surface area contributed by atoms with Crippen LogP contribution in [0.1, 0.15) is 13.3 Å². The molecule has 1 saturated heterocycles. The molecule has 0 amide bonds. The highest BCUT2D eigenvalue weighted by molar-refractivity contribution is 7.99. The molecular formula is C22H29NO3S3. The summed E-state index contributed by atoms with van der Waals surface area (Å²) in [5.41, 5.74) is 0. The van der Waals surface area contributed by atoms with Crippen molar-refractivity contribution in [1.82, 2.24) is 4.90 Å². The number of benzene rings is 2. The topological polar surface area (TPSA) is 46.6 Å². The molecule has 7 heteroatoms. The molecule has 0 saturated carbocycles. The van der Waals surface area contributed by atoms with Gasteiger partial charge in [0.05, 0.1) is 23.4 Å². The highest BCUT2D eigenvalue weighted by atomic mass is 32.2. The number of nitrogens with zero attached hydrogens (tertiary/aromatic N) is 1. The third-order valence-corrected chi connectivity index (χ3v) is 9.30. The molecule has 158 valence electrons. The molecule has 1 heterocycles. The first-order chi connectivity index (χ1) is 14.0. The van der Waals surface area contributed by atoms with E-state index in [9.17, 15) is 8.42 Å². The van der Waals surface area contributed by atoms with Crippen LogP contribution in [0.5, 0.6) is 0 Å². The van der Waals surface area contributed by atoms with Crippen LogP contribution in [0.2, 0.25) is 0 Å². The van der Waals surface area contributed by atoms with Gasteiger partial charge in [-0.2, -0.15) is 12.6 Å².